The number of hydrogen-bond acceptors (Lipinski definition) is 4. The SMILES string of the molecule is CCN(C)/C=N/c1cc(C)c(C(=O)OCc2ccc(OC)cc2)cc1C. The van der Waals surface area contributed by atoms with Crippen LogP contribution in [0.2, 0.25) is 0 Å². The highest BCUT2D eigenvalue weighted by Crippen LogP contribution is 2.24. The highest BCUT2D eigenvalue weighted by Gasteiger charge is 2.13. The summed E-state index contributed by atoms with van der Waals surface area (Å²) in [4.78, 5) is 18.9. The van der Waals surface area contributed by atoms with Crippen LogP contribution in [0.4, 0.5) is 5.69 Å². The Bertz CT molecular complexity index is 783. The quantitative estimate of drug-likeness (QED) is 0.423. The molecule has 0 amide bonds. The summed E-state index contributed by atoms with van der Waals surface area (Å²) in [5, 5.41) is 0. The van der Waals surface area contributed by atoms with Crippen molar-refractivity contribution in [3.8, 4) is 5.75 Å². The minimum atomic E-state index is -0.331. The van der Waals surface area contributed by atoms with Gasteiger partial charge in [-0.25, -0.2) is 9.79 Å². The zero-order valence-corrected chi connectivity index (χ0v) is 16.1. The lowest BCUT2D eigenvalue weighted by molar-refractivity contribution is 0.0472. The summed E-state index contributed by atoms with van der Waals surface area (Å²) in [6.07, 6.45) is 1.80. The second kappa shape index (κ2) is 9.04. The van der Waals surface area contributed by atoms with Crippen LogP contribution in [0, 0.1) is 13.8 Å². The summed E-state index contributed by atoms with van der Waals surface area (Å²) < 4.78 is 10.6. The molecule has 138 valence electrons. The van der Waals surface area contributed by atoms with E-state index < -0.39 is 0 Å². The number of esters is 1. The average molecular weight is 354 g/mol. The first kappa shape index (κ1) is 19.5. The van der Waals surface area contributed by atoms with Gasteiger partial charge >= 0.3 is 5.97 Å². The van der Waals surface area contributed by atoms with E-state index in [9.17, 15) is 4.79 Å². The lowest BCUT2D eigenvalue weighted by Crippen LogP contribution is -2.14. The summed E-state index contributed by atoms with van der Waals surface area (Å²) >= 11 is 0. The van der Waals surface area contributed by atoms with E-state index in [0.29, 0.717) is 5.56 Å². The van der Waals surface area contributed by atoms with Gasteiger partial charge in [-0.1, -0.05) is 12.1 Å². The van der Waals surface area contributed by atoms with E-state index in [1.54, 1.807) is 13.4 Å². The first-order chi connectivity index (χ1) is 12.4. The van der Waals surface area contributed by atoms with Crippen LogP contribution in [-0.4, -0.2) is 37.9 Å². The molecule has 0 aliphatic rings. The highest BCUT2D eigenvalue weighted by molar-refractivity contribution is 5.92. The molecule has 2 aromatic rings. The zero-order valence-electron chi connectivity index (χ0n) is 16.1. The van der Waals surface area contributed by atoms with Crippen LogP contribution in [0.15, 0.2) is 41.4 Å². The van der Waals surface area contributed by atoms with Gasteiger partial charge in [-0.05, 0) is 61.7 Å². The molecule has 0 radical (unpaired) electrons. The van der Waals surface area contributed by atoms with Crippen molar-refractivity contribution in [2.75, 3.05) is 20.7 Å². The second-order valence-electron chi connectivity index (χ2n) is 6.20. The fraction of sp³-hybridized carbons (Fsp3) is 0.333. The molecule has 0 fully saturated rings. The molecular formula is C21H26N2O3. The third-order valence-electron chi connectivity index (χ3n) is 4.18. The Kier molecular flexibility index (Phi) is 6.78. The molecule has 0 saturated heterocycles. The Morgan fingerprint density at radius 3 is 2.46 bits per heavy atom. The molecule has 26 heavy (non-hydrogen) atoms. The Morgan fingerprint density at radius 2 is 1.85 bits per heavy atom. The molecule has 5 nitrogen and oxygen atoms in total. The molecule has 2 rings (SSSR count). The van der Waals surface area contributed by atoms with E-state index in [4.69, 9.17) is 9.47 Å². The standard InChI is InChI=1S/C21H26N2O3/c1-6-23(4)14-22-20-12-15(2)19(11-16(20)3)21(24)26-13-17-7-9-18(25-5)10-8-17/h7-12,14H,6,13H2,1-5H3/b22-14+. The number of carbonyl (C=O) groups is 1. The smallest absolute Gasteiger partial charge is 0.338 e. The topological polar surface area (TPSA) is 51.1 Å². The fourth-order valence-electron chi connectivity index (χ4n) is 2.35. The molecule has 0 unspecified atom stereocenters. The first-order valence-corrected chi connectivity index (χ1v) is 8.60. The number of methoxy groups -OCH3 is 1. The number of rotatable bonds is 7. The molecule has 0 aliphatic carbocycles. The van der Waals surface area contributed by atoms with Crippen molar-refractivity contribution in [3.63, 3.8) is 0 Å². The average Bonchev–Trinajstić information content (AvgIpc) is 2.66. The summed E-state index contributed by atoms with van der Waals surface area (Å²) in [6.45, 7) is 7.01. The lowest BCUT2D eigenvalue weighted by atomic mass is 10.0. The first-order valence-electron chi connectivity index (χ1n) is 8.60. The van der Waals surface area contributed by atoms with Crippen molar-refractivity contribution in [2.45, 2.75) is 27.4 Å². The maximum absolute atomic E-state index is 12.4. The molecule has 0 bridgehead atoms. The van der Waals surface area contributed by atoms with E-state index in [2.05, 4.69) is 11.9 Å². The molecule has 0 atom stereocenters. The number of hydrogen-bond donors (Lipinski definition) is 0. The van der Waals surface area contributed by atoms with Crippen molar-refractivity contribution in [2.24, 2.45) is 4.99 Å². The van der Waals surface area contributed by atoms with Gasteiger partial charge in [-0.2, -0.15) is 0 Å². The lowest BCUT2D eigenvalue weighted by Gasteiger charge is -2.12. The minimum absolute atomic E-state index is 0.225. The van der Waals surface area contributed by atoms with Gasteiger partial charge < -0.3 is 14.4 Å². The molecule has 0 spiro atoms. The predicted molar refractivity (Wildman–Crippen MR) is 104 cm³/mol. The van der Waals surface area contributed by atoms with Crippen LogP contribution in [-0.2, 0) is 11.3 Å². The second-order valence-corrected chi connectivity index (χ2v) is 6.20. The predicted octanol–water partition coefficient (Wildman–Crippen LogP) is 4.28. The molecule has 2 aromatic carbocycles. The van der Waals surface area contributed by atoms with Crippen LogP contribution in [0.25, 0.3) is 0 Å². The van der Waals surface area contributed by atoms with Gasteiger partial charge in [0.25, 0.3) is 0 Å². The van der Waals surface area contributed by atoms with Gasteiger partial charge in [-0.15, -0.1) is 0 Å². The molecule has 0 heterocycles. The number of benzene rings is 2. The maximum atomic E-state index is 12.4. The molecule has 0 aliphatic heterocycles. The number of carbonyl (C=O) groups excluding carboxylic acids is 1. The van der Waals surface area contributed by atoms with Crippen molar-refractivity contribution in [1.29, 1.82) is 0 Å². The molecule has 0 aromatic heterocycles. The summed E-state index contributed by atoms with van der Waals surface area (Å²) in [7, 11) is 3.59. The maximum Gasteiger partial charge on any atom is 0.338 e. The van der Waals surface area contributed by atoms with Crippen molar-refractivity contribution in [1.82, 2.24) is 4.90 Å². The molecule has 0 saturated carbocycles. The fourth-order valence-corrected chi connectivity index (χ4v) is 2.35. The van der Waals surface area contributed by atoms with Gasteiger partial charge in [0, 0.05) is 13.6 Å². The van der Waals surface area contributed by atoms with Gasteiger partial charge in [0.2, 0.25) is 0 Å². The number of aryl methyl sites for hydroxylation is 2. The third-order valence-corrected chi connectivity index (χ3v) is 4.18. The monoisotopic (exact) mass is 354 g/mol. The Morgan fingerprint density at radius 1 is 1.15 bits per heavy atom. The summed E-state index contributed by atoms with van der Waals surface area (Å²) in [5.74, 6) is 0.444. The molecule has 0 N–H and O–H groups in total. The third kappa shape index (κ3) is 5.09. The van der Waals surface area contributed by atoms with Gasteiger partial charge in [0.1, 0.15) is 12.4 Å². The largest absolute Gasteiger partial charge is 0.497 e. The van der Waals surface area contributed by atoms with Crippen LogP contribution in [0.1, 0.15) is 34.0 Å². The Balaban J connectivity index is 2.08. The van der Waals surface area contributed by atoms with E-state index >= 15 is 0 Å². The minimum Gasteiger partial charge on any atom is -0.497 e. The molecular weight excluding hydrogens is 328 g/mol. The zero-order chi connectivity index (χ0) is 19.1. The Hall–Kier alpha value is -2.82. The number of ether oxygens (including phenoxy) is 2. The van der Waals surface area contributed by atoms with Crippen LogP contribution >= 0.6 is 0 Å². The summed E-state index contributed by atoms with van der Waals surface area (Å²) in [5.41, 5.74) is 4.13. The van der Waals surface area contributed by atoms with Gasteiger partial charge in [-0.3, -0.25) is 0 Å². The van der Waals surface area contributed by atoms with E-state index in [0.717, 1.165) is 34.7 Å². The van der Waals surface area contributed by atoms with E-state index in [1.807, 2.05) is 62.2 Å². The van der Waals surface area contributed by atoms with Crippen LogP contribution in [0.5, 0.6) is 5.75 Å². The van der Waals surface area contributed by atoms with Crippen molar-refractivity contribution >= 4 is 18.0 Å². The number of nitrogens with zero attached hydrogens (tertiary/aromatic N) is 2. The van der Waals surface area contributed by atoms with Crippen molar-refractivity contribution in [3.05, 3.63) is 58.7 Å². The van der Waals surface area contributed by atoms with Crippen LogP contribution < -0.4 is 4.74 Å². The van der Waals surface area contributed by atoms with E-state index in [1.165, 1.54) is 0 Å². The van der Waals surface area contributed by atoms with Gasteiger partial charge in [0.05, 0.1) is 24.7 Å². The Labute approximate surface area is 155 Å². The molecule has 5 heteroatoms. The summed E-state index contributed by atoms with van der Waals surface area (Å²) in [6, 6.07) is 11.2. The van der Waals surface area contributed by atoms with Crippen LogP contribution in [0.3, 0.4) is 0 Å². The van der Waals surface area contributed by atoms with E-state index in [-0.39, 0.29) is 12.6 Å². The van der Waals surface area contributed by atoms with Gasteiger partial charge in [0.15, 0.2) is 0 Å². The highest BCUT2D eigenvalue weighted by atomic mass is 16.5. The van der Waals surface area contributed by atoms with Crippen molar-refractivity contribution < 1.29 is 14.3 Å². The number of aliphatic imine (C=N–C) groups is 1. The normalized spacial score (nSPS) is 10.8.